The summed E-state index contributed by atoms with van der Waals surface area (Å²) in [6.45, 7) is 6.42. The summed E-state index contributed by atoms with van der Waals surface area (Å²) in [7, 11) is 2.18. The van der Waals surface area contributed by atoms with Crippen LogP contribution in [0.3, 0.4) is 0 Å². The minimum atomic E-state index is -0.337. The highest BCUT2D eigenvalue weighted by Crippen LogP contribution is 2.36. The number of piperazine rings is 1. The summed E-state index contributed by atoms with van der Waals surface area (Å²) in [5.74, 6) is 1.73. The minimum Gasteiger partial charge on any atom is -0.494 e. The van der Waals surface area contributed by atoms with Gasteiger partial charge in [-0.1, -0.05) is 23.7 Å². The smallest absolute Gasteiger partial charge is 0.298 e. The molecule has 2 amide bonds. The fraction of sp³-hybridized carbons (Fsp3) is 0.312. The van der Waals surface area contributed by atoms with Crippen molar-refractivity contribution in [2.75, 3.05) is 51.3 Å². The van der Waals surface area contributed by atoms with E-state index in [1.54, 1.807) is 42.5 Å². The van der Waals surface area contributed by atoms with Gasteiger partial charge in [0.1, 0.15) is 17.2 Å². The standard InChI is InChI=1S/C32H34ClN3O4S/c1-34-18-20-35(21-19-34)17-3-2-4-22-39-27-15-9-26(10-16-27)36-31(37)30(41-32(36)38)23-24-5-11-28(12-6-24)40-29-13-7-25(33)8-14-29/h5-16,23H,2-4,17-22H2,1H3. The maximum Gasteiger partial charge on any atom is 0.298 e. The third-order valence-corrected chi connectivity index (χ3v) is 8.22. The number of carbonyl (C=O) groups is 2. The number of anilines is 1. The van der Waals surface area contributed by atoms with Gasteiger partial charge in [-0.25, -0.2) is 4.90 Å². The molecule has 2 aliphatic rings. The third-order valence-electron chi connectivity index (χ3n) is 7.10. The summed E-state index contributed by atoms with van der Waals surface area (Å²) in [4.78, 5) is 32.3. The fourth-order valence-corrected chi connectivity index (χ4v) is 5.65. The first-order chi connectivity index (χ1) is 19.9. The molecule has 0 N–H and O–H groups in total. The zero-order valence-corrected chi connectivity index (χ0v) is 24.7. The van der Waals surface area contributed by atoms with E-state index >= 15 is 0 Å². The largest absolute Gasteiger partial charge is 0.494 e. The lowest BCUT2D eigenvalue weighted by molar-refractivity contribution is -0.113. The lowest BCUT2D eigenvalue weighted by Crippen LogP contribution is -2.44. The van der Waals surface area contributed by atoms with Gasteiger partial charge in [0.15, 0.2) is 0 Å². The van der Waals surface area contributed by atoms with E-state index < -0.39 is 0 Å². The topological polar surface area (TPSA) is 62.3 Å². The molecule has 2 fully saturated rings. The molecule has 2 aliphatic heterocycles. The van der Waals surface area contributed by atoms with Crippen molar-refractivity contribution in [2.24, 2.45) is 0 Å². The molecular formula is C32H34ClN3O4S. The van der Waals surface area contributed by atoms with Crippen LogP contribution in [-0.2, 0) is 4.79 Å². The van der Waals surface area contributed by atoms with Crippen LogP contribution in [0, 0.1) is 0 Å². The van der Waals surface area contributed by atoms with Gasteiger partial charge in [0.25, 0.3) is 11.1 Å². The first-order valence-corrected chi connectivity index (χ1v) is 15.1. The zero-order chi connectivity index (χ0) is 28.6. The number of halogens is 1. The van der Waals surface area contributed by atoms with Crippen LogP contribution in [0.15, 0.2) is 77.7 Å². The maximum absolute atomic E-state index is 13.1. The number of rotatable bonds is 11. The van der Waals surface area contributed by atoms with Gasteiger partial charge in [-0.05, 0) is 117 Å². The van der Waals surface area contributed by atoms with Crippen molar-refractivity contribution < 1.29 is 19.1 Å². The second kappa shape index (κ2) is 14.0. The Morgan fingerprint density at radius 3 is 2.12 bits per heavy atom. The zero-order valence-electron chi connectivity index (χ0n) is 23.1. The van der Waals surface area contributed by atoms with Gasteiger partial charge in [0.2, 0.25) is 0 Å². The molecule has 5 rings (SSSR count). The van der Waals surface area contributed by atoms with E-state index in [0.29, 0.717) is 33.7 Å². The van der Waals surface area contributed by atoms with E-state index in [2.05, 4.69) is 16.8 Å². The van der Waals surface area contributed by atoms with Gasteiger partial charge in [-0.2, -0.15) is 0 Å². The van der Waals surface area contributed by atoms with E-state index in [1.807, 2.05) is 36.4 Å². The highest BCUT2D eigenvalue weighted by atomic mass is 35.5. The number of amides is 2. The van der Waals surface area contributed by atoms with Gasteiger partial charge < -0.3 is 19.3 Å². The Balaban J connectivity index is 1.09. The average molecular weight is 592 g/mol. The molecular weight excluding hydrogens is 558 g/mol. The molecule has 9 heteroatoms. The Morgan fingerprint density at radius 1 is 0.805 bits per heavy atom. The van der Waals surface area contributed by atoms with Crippen LogP contribution in [0.5, 0.6) is 17.2 Å². The molecule has 0 spiro atoms. The number of unbranched alkanes of at least 4 members (excludes halogenated alkanes) is 2. The lowest BCUT2D eigenvalue weighted by Gasteiger charge is -2.32. The van der Waals surface area contributed by atoms with Crippen LogP contribution in [0.1, 0.15) is 24.8 Å². The van der Waals surface area contributed by atoms with Crippen molar-refractivity contribution in [2.45, 2.75) is 19.3 Å². The number of ether oxygens (including phenoxy) is 2. The SMILES string of the molecule is CN1CCN(CCCCCOc2ccc(N3C(=O)SC(=Cc4ccc(Oc5ccc(Cl)cc5)cc4)C3=O)cc2)CC1. The van der Waals surface area contributed by atoms with Gasteiger partial charge in [-0.15, -0.1) is 0 Å². The van der Waals surface area contributed by atoms with Crippen LogP contribution in [0.2, 0.25) is 5.02 Å². The summed E-state index contributed by atoms with van der Waals surface area (Å²) in [6, 6.07) is 21.6. The molecule has 41 heavy (non-hydrogen) atoms. The van der Waals surface area contributed by atoms with E-state index in [-0.39, 0.29) is 11.1 Å². The lowest BCUT2D eigenvalue weighted by atomic mass is 10.2. The predicted octanol–water partition coefficient (Wildman–Crippen LogP) is 7.17. The van der Waals surface area contributed by atoms with Gasteiger partial charge in [0, 0.05) is 31.2 Å². The Hall–Kier alpha value is -3.30. The number of benzene rings is 3. The van der Waals surface area contributed by atoms with Gasteiger partial charge in [-0.3, -0.25) is 9.59 Å². The highest BCUT2D eigenvalue weighted by molar-refractivity contribution is 8.19. The van der Waals surface area contributed by atoms with E-state index in [0.717, 1.165) is 68.6 Å². The van der Waals surface area contributed by atoms with Crippen molar-refractivity contribution in [1.29, 1.82) is 0 Å². The predicted molar refractivity (Wildman–Crippen MR) is 166 cm³/mol. The third kappa shape index (κ3) is 8.14. The molecule has 0 saturated carbocycles. The van der Waals surface area contributed by atoms with Crippen molar-refractivity contribution in [3.05, 3.63) is 88.3 Å². The Kier molecular flexibility index (Phi) is 10.0. The Bertz CT molecular complexity index is 1360. The molecule has 2 heterocycles. The summed E-state index contributed by atoms with van der Waals surface area (Å²) >= 11 is 6.86. The van der Waals surface area contributed by atoms with Gasteiger partial charge in [0.05, 0.1) is 17.2 Å². The second-order valence-corrected chi connectivity index (χ2v) is 11.6. The number of carbonyl (C=O) groups excluding carboxylic acids is 2. The second-order valence-electron chi connectivity index (χ2n) is 10.2. The van der Waals surface area contributed by atoms with Crippen molar-refractivity contribution in [1.82, 2.24) is 9.80 Å². The quantitative estimate of drug-likeness (QED) is 0.173. The first kappa shape index (κ1) is 29.2. The fourth-order valence-electron chi connectivity index (χ4n) is 4.68. The first-order valence-electron chi connectivity index (χ1n) is 13.9. The number of hydrogen-bond acceptors (Lipinski definition) is 7. The molecule has 0 atom stereocenters. The molecule has 0 aliphatic carbocycles. The summed E-state index contributed by atoms with van der Waals surface area (Å²) < 4.78 is 11.7. The summed E-state index contributed by atoms with van der Waals surface area (Å²) in [6.07, 6.45) is 5.03. The number of likely N-dealkylation sites (N-methyl/N-ethyl adjacent to an activating group) is 1. The molecule has 3 aromatic rings. The van der Waals surface area contributed by atoms with Crippen LogP contribution < -0.4 is 14.4 Å². The summed E-state index contributed by atoms with van der Waals surface area (Å²) in [5.41, 5.74) is 1.33. The molecule has 0 unspecified atom stereocenters. The normalized spacial score (nSPS) is 17.4. The molecule has 7 nitrogen and oxygen atoms in total. The molecule has 0 bridgehead atoms. The Labute approximate surface area is 250 Å². The molecule has 0 aromatic heterocycles. The number of imide groups is 1. The molecule has 2 saturated heterocycles. The molecule has 214 valence electrons. The summed E-state index contributed by atoms with van der Waals surface area (Å²) in [5, 5.41) is 0.321. The minimum absolute atomic E-state index is 0.321. The monoisotopic (exact) mass is 591 g/mol. The van der Waals surface area contributed by atoms with Crippen LogP contribution in [-0.4, -0.2) is 67.3 Å². The van der Waals surface area contributed by atoms with Crippen molar-refractivity contribution in [3.63, 3.8) is 0 Å². The number of hydrogen-bond donors (Lipinski definition) is 0. The van der Waals surface area contributed by atoms with Crippen LogP contribution in [0.25, 0.3) is 6.08 Å². The highest BCUT2D eigenvalue weighted by Gasteiger charge is 2.36. The van der Waals surface area contributed by atoms with Gasteiger partial charge >= 0.3 is 0 Å². The van der Waals surface area contributed by atoms with Crippen LogP contribution >= 0.6 is 23.4 Å². The van der Waals surface area contributed by atoms with Crippen LogP contribution in [0.4, 0.5) is 10.5 Å². The van der Waals surface area contributed by atoms with E-state index in [1.165, 1.54) is 11.3 Å². The Morgan fingerprint density at radius 2 is 1.44 bits per heavy atom. The number of thioether (sulfide) groups is 1. The molecule has 0 radical (unpaired) electrons. The maximum atomic E-state index is 13.1. The van der Waals surface area contributed by atoms with Crippen molar-refractivity contribution >= 4 is 46.3 Å². The van der Waals surface area contributed by atoms with E-state index in [4.69, 9.17) is 21.1 Å². The molecule has 3 aromatic carbocycles. The van der Waals surface area contributed by atoms with Crippen molar-refractivity contribution in [3.8, 4) is 17.2 Å². The van der Waals surface area contributed by atoms with E-state index in [9.17, 15) is 9.59 Å². The average Bonchev–Trinajstić information content (AvgIpc) is 3.26. The number of nitrogens with zero attached hydrogens (tertiary/aromatic N) is 3.